The van der Waals surface area contributed by atoms with Gasteiger partial charge in [-0.3, -0.25) is 10.9 Å². The Balaban J connectivity index is 1.19. The summed E-state index contributed by atoms with van der Waals surface area (Å²) in [6.45, 7) is 53.0. The van der Waals surface area contributed by atoms with Crippen LogP contribution in [0.5, 0.6) is 0 Å². The average Bonchev–Trinajstić information content (AvgIpc) is 3.32. The molecule has 0 atom stereocenters. The SMILES string of the molecule is CCCCN(C1=NC(NCCCCCCNC2=CN(N(CCCC)C3CC(C)(C)NC(C)(C)C3)NC(N(CCCC)C3CC(C)(C)NC(C)(C)C3)=N2)=CN(N(CCCC)C2CC(C)(C)NC(C)(C)C2)N1)C1CC(C)(C)NC(C)(C)C1. The lowest BCUT2D eigenvalue weighted by Crippen LogP contribution is -2.68. The van der Waals surface area contributed by atoms with Gasteiger partial charge in [0.15, 0.2) is 0 Å². The number of rotatable bonds is 27. The molecule has 0 radical (unpaired) electrons. The van der Waals surface area contributed by atoms with E-state index in [2.05, 4.69) is 224 Å². The maximum atomic E-state index is 5.51. The molecule has 0 bridgehead atoms. The van der Waals surface area contributed by atoms with Crippen molar-refractivity contribution < 1.29 is 0 Å². The van der Waals surface area contributed by atoms with Gasteiger partial charge in [-0.1, -0.05) is 66.2 Å². The normalized spacial score (nSPS) is 24.6. The summed E-state index contributed by atoms with van der Waals surface area (Å²) >= 11 is 0. The smallest absolute Gasteiger partial charge is 0.221 e. The largest absolute Gasteiger partial charge is 0.369 e. The summed E-state index contributed by atoms with van der Waals surface area (Å²) in [7, 11) is 0. The summed E-state index contributed by atoms with van der Waals surface area (Å²) in [5.41, 5.74) is 8.15. The Morgan fingerprint density at radius 1 is 0.388 bits per heavy atom. The average molecular weight is 1120 g/mol. The van der Waals surface area contributed by atoms with Gasteiger partial charge in [0.25, 0.3) is 0 Å². The van der Waals surface area contributed by atoms with Crippen molar-refractivity contribution in [2.75, 3.05) is 39.3 Å². The van der Waals surface area contributed by atoms with Gasteiger partial charge in [0.2, 0.25) is 11.9 Å². The molecule has 0 unspecified atom stereocenters. The number of aliphatic imine (C=N–C) groups is 2. The summed E-state index contributed by atoms with van der Waals surface area (Å²) in [6, 6.07) is 1.46. The molecule has 0 amide bonds. The third-order valence-corrected chi connectivity index (χ3v) is 17.6. The summed E-state index contributed by atoms with van der Waals surface area (Å²) in [4.78, 5) is 16.3. The summed E-state index contributed by atoms with van der Waals surface area (Å²) in [6.07, 6.45) is 26.7. The number of hydrogen-bond donors (Lipinski definition) is 8. The Labute approximate surface area is 491 Å². The Kier molecular flexibility index (Phi) is 22.6. The molecule has 8 N–H and O–H groups in total. The van der Waals surface area contributed by atoms with Crippen LogP contribution in [0.15, 0.2) is 34.0 Å². The summed E-state index contributed by atoms with van der Waals surface area (Å²) in [5, 5.41) is 33.6. The lowest BCUT2D eigenvalue weighted by atomic mass is 9.79. The molecule has 0 aromatic carbocycles. The van der Waals surface area contributed by atoms with Crippen molar-refractivity contribution in [2.45, 2.75) is 335 Å². The monoisotopic (exact) mass is 1120 g/mol. The van der Waals surface area contributed by atoms with E-state index in [4.69, 9.17) is 9.98 Å². The fourth-order valence-corrected chi connectivity index (χ4v) is 15.7. The van der Waals surface area contributed by atoms with Crippen LogP contribution in [-0.2, 0) is 0 Å². The molecule has 6 aliphatic rings. The quantitative estimate of drug-likeness (QED) is 0.0370. The number of piperidine rings is 4. The highest BCUT2D eigenvalue weighted by Gasteiger charge is 2.46. The summed E-state index contributed by atoms with van der Waals surface area (Å²) in [5.74, 6) is 3.86. The number of unbranched alkanes of at least 4 members (excludes halogenated alkanes) is 7. The molecule has 0 aliphatic carbocycles. The van der Waals surface area contributed by atoms with Crippen LogP contribution in [-0.4, -0.2) is 150 Å². The van der Waals surface area contributed by atoms with Crippen LogP contribution in [0.3, 0.4) is 0 Å². The molecule has 0 spiro atoms. The molecule has 4 fully saturated rings. The van der Waals surface area contributed by atoms with Crippen molar-refractivity contribution in [3.05, 3.63) is 24.0 Å². The van der Waals surface area contributed by atoms with E-state index in [0.29, 0.717) is 24.2 Å². The zero-order valence-corrected chi connectivity index (χ0v) is 55.4. The molecule has 16 nitrogen and oxygen atoms in total. The molecule has 6 aliphatic heterocycles. The van der Waals surface area contributed by atoms with Gasteiger partial charge in [-0.05, 0) is 201 Å². The second kappa shape index (κ2) is 27.3. The molecule has 6 rings (SSSR count). The first-order chi connectivity index (χ1) is 37.3. The fraction of sp³-hybridized carbons (Fsp3) is 0.906. The highest BCUT2D eigenvalue weighted by molar-refractivity contribution is 5.82. The van der Waals surface area contributed by atoms with Gasteiger partial charge in [0.05, 0.1) is 12.4 Å². The molecule has 80 heavy (non-hydrogen) atoms. The van der Waals surface area contributed by atoms with Gasteiger partial charge >= 0.3 is 0 Å². The second-order valence-corrected chi connectivity index (χ2v) is 31.0. The minimum Gasteiger partial charge on any atom is -0.369 e. The van der Waals surface area contributed by atoms with E-state index in [-0.39, 0.29) is 44.3 Å². The van der Waals surface area contributed by atoms with E-state index >= 15 is 0 Å². The summed E-state index contributed by atoms with van der Waals surface area (Å²) < 4.78 is 0. The van der Waals surface area contributed by atoms with Gasteiger partial charge in [0, 0.05) is 108 Å². The van der Waals surface area contributed by atoms with E-state index in [9.17, 15) is 0 Å². The Morgan fingerprint density at radius 3 is 0.925 bits per heavy atom. The first kappa shape index (κ1) is 66.1. The van der Waals surface area contributed by atoms with Crippen LogP contribution < -0.4 is 42.8 Å². The minimum absolute atomic E-state index is 0.0213. The number of nitrogens with zero attached hydrogens (tertiary/aromatic N) is 8. The molecule has 4 saturated heterocycles. The second-order valence-electron chi connectivity index (χ2n) is 31.0. The van der Waals surface area contributed by atoms with Crippen LogP contribution in [0.1, 0.15) is 267 Å². The number of hydrogen-bond acceptors (Lipinski definition) is 16. The highest BCUT2D eigenvalue weighted by Crippen LogP contribution is 2.37. The number of guanidine groups is 2. The zero-order valence-electron chi connectivity index (χ0n) is 55.4. The van der Waals surface area contributed by atoms with Crippen LogP contribution >= 0.6 is 0 Å². The molecule has 16 heteroatoms. The van der Waals surface area contributed by atoms with Crippen molar-refractivity contribution in [3.8, 4) is 0 Å². The minimum atomic E-state index is 0.0213. The third kappa shape index (κ3) is 19.8. The highest BCUT2D eigenvalue weighted by atomic mass is 15.8. The van der Waals surface area contributed by atoms with Crippen LogP contribution in [0, 0.1) is 0 Å². The molecule has 0 saturated carbocycles. The molecule has 462 valence electrons. The number of nitrogens with one attached hydrogen (secondary N) is 8. The predicted octanol–water partition coefficient (Wildman–Crippen LogP) is 11.2. The van der Waals surface area contributed by atoms with Crippen molar-refractivity contribution in [2.24, 2.45) is 9.98 Å². The maximum Gasteiger partial charge on any atom is 0.221 e. The van der Waals surface area contributed by atoms with E-state index in [1.165, 1.54) is 0 Å². The van der Waals surface area contributed by atoms with Gasteiger partial charge in [-0.15, -0.1) is 0 Å². The Hall–Kier alpha value is -3.02. The van der Waals surface area contributed by atoms with Crippen molar-refractivity contribution in [1.29, 1.82) is 0 Å². The lowest BCUT2D eigenvalue weighted by molar-refractivity contribution is -0.0815. The zero-order chi connectivity index (χ0) is 59.0. The predicted molar refractivity (Wildman–Crippen MR) is 339 cm³/mol. The molecule has 0 aromatic heterocycles. The van der Waals surface area contributed by atoms with Gasteiger partial charge in [0.1, 0.15) is 11.6 Å². The van der Waals surface area contributed by atoms with Gasteiger partial charge in [-0.25, -0.2) is 10.2 Å². The topological polar surface area (TPSA) is 140 Å². The van der Waals surface area contributed by atoms with Crippen molar-refractivity contribution in [1.82, 2.24) is 72.8 Å². The van der Waals surface area contributed by atoms with E-state index < -0.39 is 0 Å². The standard InChI is InChI=1S/C64H126N16/c1-21-25-35-75(49-39-57(5,6)71-58(7,8)40-49)55-67-53(47-79(69-55)77(37-27-23-3)51-43-61(13,14)73-62(15,16)44-51)65-33-31-29-30-32-34-66-54-48-80(78(38-28-24-4)52-45-63(17,18)74-64(19,20)46-52)70-56(68-54)76(36-26-22-2)50-41-59(9,10)72-60(11,12)42-50/h47-52,65-66,71-74H,21-46H2,1-20H3,(H,67,69)(H,68,70). The molecule has 0 aromatic rings. The molecular weight excluding hydrogens is 993 g/mol. The lowest BCUT2D eigenvalue weighted by Gasteiger charge is -2.53. The molecular formula is C64H126N16. The van der Waals surface area contributed by atoms with Crippen molar-refractivity contribution >= 4 is 11.9 Å². The first-order valence-corrected chi connectivity index (χ1v) is 32.7. The van der Waals surface area contributed by atoms with Crippen LogP contribution in [0.25, 0.3) is 0 Å². The Morgan fingerprint density at radius 2 is 0.650 bits per heavy atom. The fourth-order valence-electron chi connectivity index (χ4n) is 15.7. The first-order valence-electron chi connectivity index (χ1n) is 32.7. The maximum absolute atomic E-state index is 5.51. The van der Waals surface area contributed by atoms with Crippen molar-refractivity contribution in [3.63, 3.8) is 0 Å². The molecule has 6 heterocycles. The third-order valence-electron chi connectivity index (χ3n) is 17.6. The Bertz CT molecular complexity index is 1860. The van der Waals surface area contributed by atoms with E-state index in [1.807, 2.05) is 0 Å². The number of hydrazine groups is 4. The van der Waals surface area contributed by atoms with E-state index in [0.717, 1.165) is 191 Å². The van der Waals surface area contributed by atoms with Crippen LogP contribution in [0.2, 0.25) is 0 Å². The van der Waals surface area contributed by atoms with Gasteiger partial charge < -0.3 is 41.7 Å². The van der Waals surface area contributed by atoms with Crippen LogP contribution in [0.4, 0.5) is 0 Å². The van der Waals surface area contributed by atoms with Gasteiger partial charge in [-0.2, -0.15) is 20.0 Å². The van der Waals surface area contributed by atoms with E-state index in [1.54, 1.807) is 0 Å².